The zero-order valence-electron chi connectivity index (χ0n) is 23.6. The summed E-state index contributed by atoms with van der Waals surface area (Å²) in [6.45, 7) is 13.5. The number of rotatable bonds is 10. The number of nitrogens with zero attached hydrogens (tertiary/aromatic N) is 3. The molecule has 12 heteroatoms. The average molecular weight is 574 g/mol. The zero-order chi connectivity index (χ0) is 29.1. The molecule has 0 unspecified atom stereocenters. The Kier molecular flexibility index (Phi) is 9.55. The summed E-state index contributed by atoms with van der Waals surface area (Å²) in [5.74, 6) is -0.276. The number of amides is 1. The van der Waals surface area contributed by atoms with Crippen molar-refractivity contribution in [2.24, 2.45) is 0 Å². The third-order valence-electron chi connectivity index (χ3n) is 6.11. The van der Waals surface area contributed by atoms with Crippen molar-refractivity contribution in [2.45, 2.75) is 90.8 Å². The molecule has 0 radical (unpaired) electrons. The van der Waals surface area contributed by atoms with E-state index in [4.69, 9.17) is 18.9 Å². The highest BCUT2D eigenvalue weighted by Gasteiger charge is 2.55. The number of hydrogen-bond acceptors (Lipinski definition) is 8. The maximum atomic E-state index is 13.9. The first-order valence-corrected chi connectivity index (χ1v) is 13.8. The maximum Gasteiger partial charge on any atom is 0.419 e. The standard InChI is InChI=1S/C27H38F3N3O5S/c1-8-9-10-13-35-14-15-36-20-12-11-18(16-19(20)27(28,29)30)21-31-32-22(39-21)26(7)17-37-25(5,6)33(26)23(34)38-24(2,3)4/h11-12,16H,8-10,13-15,17H2,1-7H3/t26-/m0/s1. The summed E-state index contributed by atoms with van der Waals surface area (Å²) in [6, 6.07) is 3.80. The fraction of sp³-hybridized carbons (Fsp3) is 0.667. The minimum Gasteiger partial charge on any atom is -0.491 e. The van der Waals surface area contributed by atoms with E-state index in [1.807, 2.05) is 0 Å². The zero-order valence-corrected chi connectivity index (χ0v) is 24.4. The minimum atomic E-state index is -4.64. The number of ether oxygens (including phenoxy) is 4. The molecule has 1 aromatic heterocycles. The van der Waals surface area contributed by atoms with Crippen molar-refractivity contribution < 1.29 is 36.9 Å². The van der Waals surface area contributed by atoms with Gasteiger partial charge in [0.15, 0.2) is 0 Å². The minimum absolute atomic E-state index is 0.00610. The predicted molar refractivity (Wildman–Crippen MR) is 142 cm³/mol. The summed E-state index contributed by atoms with van der Waals surface area (Å²) in [7, 11) is 0. The molecular weight excluding hydrogens is 535 g/mol. The van der Waals surface area contributed by atoms with Gasteiger partial charge < -0.3 is 18.9 Å². The topological polar surface area (TPSA) is 83.0 Å². The highest BCUT2D eigenvalue weighted by atomic mass is 32.1. The Hall–Kier alpha value is -2.44. The molecule has 1 atom stereocenters. The van der Waals surface area contributed by atoms with Gasteiger partial charge in [0.05, 0.1) is 18.8 Å². The average Bonchev–Trinajstić information content (AvgIpc) is 3.40. The second-order valence-electron chi connectivity index (χ2n) is 11.1. The summed E-state index contributed by atoms with van der Waals surface area (Å²) >= 11 is 1.10. The summed E-state index contributed by atoms with van der Waals surface area (Å²) in [4.78, 5) is 14.6. The number of unbranched alkanes of at least 4 members (excludes halogenated alkanes) is 2. The molecular formula is C27H38F3N3O5S. The van der Waals surface area contributed by atoms with E-state index in [0.29, 0.717) is 11.6 Å². The van der Waals surface area contributed by atoms with Crippen LogP contribution in [0.15, 0.2) is 18.2 Å². The molecule has 1 aromatic carbocycles. The third kappa shape index (κ3) is 7.61. The van der Waals surface area contributed by atoms with Crippen LogP contribution in [0.25, 0.3) is 10.6 Å². The fourth-order valence-corrected chi connectivity index (χ4v) is 5.22. The van der Waals surface area contributed by atoms with E-state index in [1.165, 1.54) is 17.0 Å². The quantitative estimate of drug-likeness (QED) is 0.282. The van der Waals surface area contributed by atoms with Crippen LogP contribution in [0.5, 0.6) is 5.75 Å². The molecule has 2 aromatic rings. The maximum absolute atomic E-state index is 13.9. The number of carbonyl (C=O) groups excluding carboxylic acids is 1. The van der Waals surface area contributed by atoms with Gasteiger partial charge in [0.2, 0.25) is 0 Å². The van der Waals surface area contributed by atoms with Gasteiger partial charge in [-0.25, -0.2) is 4.79 Å². The van der Waals surface area contributed by atoms with Crippen molar-refractivity contribution in [3.8, 4) is 16.3 Å². The second kappa shape index (κ2) is 12.0. The van der Waals surface area contributed by atoms with Crippen molar-refractivity contribution >= 4 is 17.4 Å². The van der Waals surface area contributed by atoms with Crippen molar-refractivity contribution in [3.05, 3.63) is 28.8 Å². The van der Waals surface area contributed by atoms with Crippen molar-refractivity contribution in [2.75, 3.05) is 26.4 Å². The van der Waals surface area contributed by atoms with E-state index in [-0.39, 0.29) is 36.1 Å². The predicted octanol–water partition coefficient (Wildman–Crippen LogP) is 7.03. The molecule has 3 rings (SSSR count). The Morgan fingerprint density at radius 2 is 1.82 bits per heavy atom. The molecule has 1 aliphatic rings. The molecule has 0 bridgehead atoms. The number of aromatic nitrogens is 2. The Balaban J connectivity index is 1.83. The molecule has 0 saturated carbocycles. The van der Waals surface area contributed by atoms with Crippen molar-refractivity contribution in [3.63, 3.8) is 0 Å². The Morgan fingerprint density at radius 3 is 2.46 bits per heavy atom. The highest BCUT2D eigenvalue weighted by molar-refractivity contribution is 7.14. The Labute approximate surface area is 231 Å². The normalized spacial score (nSPS) is 19.4. The first kappa shape index (κ1) is 31.1. The molecule has 1 saturated heterocycles. The lowest BCUT2D eigenvalue weighted by Crippen LogP contribution is -2.54. The molecule has 0 spiro atoms. The lowest BCUT2D eigenvalue weighted by Gasteiger charge is -2.39. The van der Waals surface area contributed by atoms with Crippen LogP contribution in [0.4, 0.5) is 18.0 Å². The van der Waals surface area contributed by atoms with Gasteiger partial charge in [0.1, 0.15) is 39.2 Å². The molecule has 2 heterocycles. The van der Waals surface area contributed by atoms with E-state index >= 15 is 0 Å². The summed E-state index contributed by atoms with van der Waals surface area (Å²) in [5.41, 5.74) is -3.43. The smallest absolute Gasteiger partial charge is 0.419 e. The number of halogens is 3. The lowest BCUT2D eigenvalue weighted by molar-refractivity contribution is -0.139. The number of alkyl halides is 3. The van der Waals surface area contributed by atoms with E-state index in [0.717, 1.165) is 36.7 Å². The molecule has 8 nitrogen and oxygen atoms in total. The van der Waals surface area contributed by atoms with E-state index in [1.54, 1.807) is 41.5 Å². The van der Waals surface area contributed by atoms with Crippen LogP contribution in [0.2, 0.25) is 0 Å². The monoisotopic (exact) mass is 573 g/mol. The summed E-state index contributed by atoms with van der Waals surface area (Å²) < 4.78 is 64.1. The molecule has 218 valence electrons. The summed E-state index contributed by atoms with van der Waals surface area (Å²) in [6.07, 6.45) is -2.22. The van der Waals surface area contributed by atoms with E-state index < -0.39 is 34.7 Å². The van der Waals surface area contributed by atoms with Gasteiger partial charge in [-0.1, -0.05) is 31.1 Å². The molecule has 39 heavy (non-hydrogen) atoms. The third-order valence-corrected chi connectivity index (χ3v) is 7.34. The van der Waals surface area contributed by atoms with E-state index in [9.17, 15) is 18.0 Å². The molecule has 1 amide bonds. The van der Waals surface area contributed by atoms with Crippen LogP contribution < -0.4 is 4.74 Å². The first-order chi connectivity index (χ1) is 18.1. The second-order valence-corrected chi connectivity index (χ2v) is 12.1. The van der Waals surface area contributed by atoms with Crippen LogP contribution in [-0.4, -0.2) is 58.9 Å². The largest absolute Gasteiger partial charge is 0.491 e. The molecule has 0 N–H and O–H groups in total. The Bertz CT molecular complexity index is 1130. The van der Waals surface area contributed by atoms with Crippen LogP contribution in [0, 0.1) is 0 Å². The highest BCUT2D eigenvalue weighted by Crippen LogP contribution is 2.45. The molecule has 0 aliphatic carbocycles. The van der Waals surface area contributed by atoms with Gasteiger partial charge in [-0.2, -0.15) is 13.2 Å². The van der Waals surface area contributed by atoms with Crippen LogP contribution >= 0.6 is 11.3 Å². The first-order valence-electron chi connectivity index (χ1n) is 13.0. The van der Waals surface area contributed by atoms with Crippen LogP contribution in [0.1, 0.15) is 78.3 Å². The van der Waals surface area contributed by atoms with Gasteiger partial charge in [-0.15, -0.1) is 10.2 Å². The van der Waals surface area contributed by atoms with Crippen LogP contribution in [0.3, 0.4) is 0 Å². The molecule has 1 aliphatic heterocycles. The van der Waals surface area contributed by atoms with Crippen LogP contribution in [-0.2, 0) is 25.9 Å². The lowest BCUT2D eigenvalue weighted by atomic mass is 10.0. The van der Waals surface area contributed by atoms with E-state index in [2.05, 4.69) is 17.1 Å². The van der Waals surface area contributed by atoms with Gasteiger partial charge >= 0.3 is 12.3 Å². The Morgan fingerprint density at radius 1 is 1.10 bits per heavy atom. The van der Waals surface area contributed by atoms with Gasteiger partial charge in [-0.3, -0.25) is 4.90 Å². The van der Waals surface area contributed by atoms with Gasteiger partial charge in [-0.05, 0) is 66.2 Å². The summed E-state index contributed by atoms with van der Waals surface area (Å²) in [5, 5.41) is 9.11. The van der Waals surface area contributed by atoms with Crippen molar-refractivity contribution in [1.82, 2.24) is 15.1 Å². The number of benzene rings is 1. The molecule has 1 fully saturated rings. The number of hydrogen-bond donors (Lipinski definition) is 0. The van der Waals surface area contributed by atoms with Gasteiger partial charge in [0.25, 0.3) is 0 Å². The fourth-order valence-electron chi connectivity index (χ4n) is 4.26. The van der Waals surface area contributed by atoms with Crippen molar-refractivity contribution in [1.29, 1.82) is 0 Å². The number of carbonyl (C=O) groups is 1. The SMILES string of the molecule is CCCCCOCCOc1ccc(-c2nnc([C@]3(C)COC(C)(C)N3C(=O)OC(C)(C)C)s2)cc1C(F)(F)F. The van der Waals surface area contributed by atoms with Gasteiger partial charge in [0, 0.05) is 12.2 Å².